The molecule has 0 saturated carbocycles. The van der Waals surface area contributed by atoms with Crippen molar-refractivity contribution in [3.63, 3.8) is 0 Å². The predicted molar refractivity (Wildman–Crippen MR) is 288 cm³/mol. The van der Waals surface area contributed by atoms with Gasteiger partial charge in [-0.1, -0.05) is 218 Å². The smallest absolute Gasteiger partial charge is 0.0727 e. The third-order valence-electron chi connectivity index (χ3n) is 14.3. The number of benzene rings is 11. The van der Waals surface area contributed by atoms with E-state index in [1.165, 1.54) is 77.9 Å². The van der Waals surface area contributed by atoms with Gasteiger partial charge in [-0.3, -0.25) is 0 Å². The molecule has 0 fully saturated rings. The van der Waals surface area contributed by atoms with E-state index >= 15 is 0 Å². The maximum absolute atomic E-state index is 2.50. The summed E-state index contributed by atoms with van der Waals surface area (Å²) in [4.78, 5) is 4.92. The molecule has 1 unspecified atom stereocenters. The molecule has 1 spiro atoms. The van der Waals surface area contributed by atoms with Crippen LogP contribution in [0.5, 0.6) is 0 Å². The fourth-order valence-corrected chi connectivity index (χ4v) is 11.3. The Morgan fingerprint density at radius 2 is 0.652 bits per heavy atom. The third kappa shape index (κ3) is 6.56. The van der Waals surface area contributed by atoms with Crippen molar-refractivity contribution in [3.05, 3.63) is 301 Å². The van der Waals surface area contributed by atoms with Crippen molar-refractivity contribution < 1.29 is 0 Å². The van der Waals surface area contributed by atoms with Gasteiger partial charge in [0.2, 0.25) is 0 Å². The van der Waals surface area contributed by atoms with Gasteiger partial charge >= 0.3 is 0 Å². The lowest BCUT2D eigenvalue weighted by Crippen LogP contribution is -2.26. The summed E-state index contributed by atoms with van der Waals surface area (Å²) in [5.41, 5.74) is 23.4. The molecule has 2 aliphatic rings. The molecule has 1 atom stereocenters. The first-order valence-corrected chi connectivity index (χ1v) is 23.8. The van der Waals surface area contributed by atoms with E-state index in [1.807, 2.05) is 0 Å². The number of fused-ring (bicyclic) bond motifs is 10. The minimum absolute atomic E-state index is 0.597. The molecule has 0 bridgehead atoms. The number of rotatable bonds is 9. The zero-order valence-corrected chi connectivity index (χ0v) is 38.0. The van der Waals surface area contributed by atoms with Crippen LogP contribution in [0.4, 0.5) is 34.1 Å². The highest BCUT2D eigenvalue weighted by Gasteiger charge is 2.52. The Morgan fingerprint density at radius 1 is 0.217 bits per heavy atom. The van der Waals surface area contributed by atoms with Crippen molar-refractivity contribution in [1.82, 2.24) is 0 Å². The van der Waals surface area contributed by atoms with Gasteiger partial charge in [0.15, 0.2) is 0 Å². The summed E-state index contributed by atoms with van der Waals surface area (Å²) in [5.74, 6) is 0. The molecule has 324 valence electrons. The minimum atomic E-state index is -0.597. The first-order valence-electron chi connectivity index (χ1n) is 23.8. The number of hydrogen-bond acceptors (Lipinski definition) is 2. The Hall–Kier alpha value is -8.98. The highest BCUT2D eigenvalue weighted by molar-refractivity contribution is 6.03. The summed E-state index contributed by atoms with van der Waals surface area (Å²) in [6.45, 7) is 0. The second kappa shape index (κ2) is 16.7. The molecule has 13 rings (SSSR count). The summed E-state index contributed by atoms with van der Waals surface area (Å²) in [7, 11) is 0. The summed E-state index contributed by atoms with van der Waals surface area (Å²) >= 11 is 0. The van der Waals surface area contributed by atoms with E-state index in [1.54, 1.807) is 0 Å². The van der Waals surface area contributed by atoms with E-state index in [2.05, 4.69) is 289 Å². The molecule has 69 heavy (non-hydrogen) atoms. The van der Waals surface area contributed by atoms with Gasteiger partial charge in [0.25, 0.3) is 0 Å². The van der Waals surface area contributed by atoms with Crippen molar-refractivity contribution in [2.75, 3.05) is 9.80 Å². The van der Waals surface area contributed by atoms with Crippen LogP contribution in [0, 0.1) is 0 Å². The Labute approximate surface area is 404 Å². The van der Waals surface area contributed by atoms with Gasteiger partial charge < -0.3 is 9.80 Å². The molecule has 0 N–H and O–H groups in total. The fourth-order valence-electron chi connectivity index (χ4n) is 11.3. The van der Waals surface area contributed by atoms with E-state index < -0.39 is 5.41 Å². The van der Waals surface area contributed by atoms with Gasteiger partial charge in [-0.25, -0.2) is 0 Å². The lowest BCUT2D eigenvalue weighted by molar-refractivity contribution is 0.793. The number of anilines is 6. The molecular weight excluding hydrogens is 833 g/mol. The lowest BCUT2D eigenvalue weighted by atomic mass is 9.70. The zero-order valence-electron chi connectivity index (χ0n) is 38.0. The summed E-state index contributed by atoms with van der Waals surface area (Å²) in [6.07, 6.45) is 0. The second-order valence-corrected chi connectivity index (χ2v) is 18.0. The standard InChI is InChI=1S/C67H46N2/c1-5-21-47(22-6-1)49-39-41-53(42-40-49)69(64-37-18-15-31-56(64)50-25-9-3-10-26-50)65-38-20-36-62-66(65)59-33-14-17-35-61(59)67(62)60-34-16-13-32-57(60)58-44-43-55(46-63(58)67)68(52-28-11-4-12-29-52)54-30-19-27-51(45-54)48-23-7-2-8-24-48/h1-46H. The first-order chi connectivity index (χ1) is 34.3. The monoisotopic (exact) mass is 878 g/mol. The normalized spacial score (nSPS) is 13.9. The predicted octanol–water partition coefficient (Wildman–Crippen LogP) is 18.0. The lowest BCUT2D eigenvalue weighted by Gasteiger charge is -2.33. The van der Waals surface area contributed by atoms with Gasteiger partial charge in [-0.2, -0.15) is 0 Å². The quantitative estimate of drug-likeness (QED) is 0.143. The van der Waals surface area contributed by atoms with Crippen molar-refractivity contribution in [1.29, 1.82) is 0 Å². The molecule has 2 aliphatic carbocycles. The molecular formula is C67H46N2. The average molecular weight is 879 g/mol. The maximum atomic E-state index is 2.50. The van der Waals surface area contributed by atoms with Gasteiger partial charge in [0.1, 0.15) is 0 Å². The molecule has 0 radical (unpaired) electrons. The number of nitrogens with zero attached hydrogens (tertiary/aromatic N) is 2. The van der Waals surface area contributed by atoms with Crippen molar-refractivity contribution in [2.45, 2.75) is 5.41 Å². The van der Waals surface area contributed by atoms with Crippen molar-refractivity contribution in [3.8, 4) is 55.6 Å². The fraction of sp³-hybridized carbons (Fsp3) is 0.0149. The Bertz CT molecular complexity index is 3660. The average Bonchev–Trinajstić information content (AvgIpc) is 3.90. The SMILES string of the molecule is c1ccc(-c2ccc(N(c3ccccc3-c3ccccc3)c3cccc4c3-c3ccccc3C43c4ccccc4-c4ccc(N(c5ccccc5)c5cccc(-c6ccccc6)c5)cc43)cc2)cc1. The van der Waals surface area contributed by atoms with Crippen LogP contribution in [0.15, 0.2) is 279 Å². The van der Waals surface area contributed by atoms with E-state index in [-0.39, 0.29) is 0 Å². The molecule has 0 aromatic heterocycles. The van der Waals surface area contributed by atoms with Crippen LogP contribution in [0.1, 0.15) is 22.3 Å². The largest absolute Gasteiger partial charge is 0.310 e. The van der Waals surface area contributed by atoms with E-state index in [0.29, 0.717) is 0 Å². The molecule has 11 aromatic rings. The molecule has 0 saturated heterocycles. The molecule has 11 aromatic carbocycles. The maximum Gasteiger partial charge on any atom is 0.0727 e. The van der Waals surface area contributed by atoms with Crippen LogP contribution in [-0.4, -0.2) is 0 Å². The number of hydrogen-bond donors (Lipinski definition) is 0. The van der Waals surface area contributed by atoms with E-state index in [0.717, 1.165) is 34.1 Å². The van der Waals surface area contributed by atoms with Crippen LogP contribution in [-0.2, 0) is 5.41 Å². The topological polar surface area (TPSA) is 6.48 Å². The van der Waals surface area contributed by atoms with Crippen LogP contribution < -0.4 is 9.80 Å². The van der Waals surface area contributed by atoms with Crippen LogP contribution in [0.2, 0.25) is 0 Å². The van der Waals surface area contributed by atoms with Gasteiger partial charge in [0.05, 0.1) is 16.8 Å². The Kier molecular flexibility index (Phi) is 9.77. The molecule has 2 heteroatoms. The minimum Gasteiger partial charge on any atom is -0.310 e. The third-order valence-corrected chi connectivity index (χ3v) is 14.3. The Balaban J connectivity index is 1.05. The van der Waals surface area contributed by atoms with E-state index in [4.69, 9.17) is 0 Å². The van der Waals surface area contributed by atoms with E-state index in [9.17, 15) is 0 Å². The zero-order chi connectivity index (χ0) is 45.7. The van der Waals surface area contributed by atoms with Crippen molar-refractivity contribution >= 4 is 34.1 Å². The summed E-state index contributed by atoms with van der Waals surface area (Å²) < 4.78 is 0. The number of para-hydroxylation sites is 2. The van der Waals surface area contributed by atoms with Crippen LogP contribution in [0.3, 0.4) is 0 Å². The van der Waals surface area contributed by atoms with Gasteiger partial charge in [-0.15, -0.1) is 0 Å². The molecule has 0 aliphatic heterocycles. The first kappa shape index (κ1) is 40.3. The summed E-state index contributed by atoms with van der Waals surface area (Å²) in [5, 5.41) is 0. The van der Waals surface area contributed by atoms with Crippen LogP contribution >= 0.6 is 0 Å². The molecule has 0 amide bonds. The molecule has 0 heterocycles. The Morgan fingerprint density at radius 3 is 1.36 bits per heavy atom. The second-order valence-electron chi connectivity index (χ2n) is 18.0. The van der Waals surface area contributed by atoms with Crippen molar-refractivity contribution in [2.24, 2.45) is 0 Å². The van der Waals surface area contributed by atoms with Gasteiger partial charge in [0, 0.05) is 33.9 Å². The van der Waals surface area contributed by atoms with Crippen LogP contribution in [0.25, 0.3) is 55.6 Å². The highest BCUT2D eigenvalue weighted by Crippen LogP contribution is 2.65. The summed E-state index contributed by atoms with van der Waals surface area (Å²) in [6, 6.07) is 102. The highest BCUT2D eigenvalue weighted by atomic mass is 15.2. The van der Waals surface area contributed by atoms with Gasteiger partial charge in [-0.05, 0) is 127 Å². The molecule has 2 nitrogen and oxygen atoms in total.